The summed E-state index contributed by atoms with van der Waals surface area (Å²) in [6, 6.07) is 63.3. The van der Waals surface area contributed by atoms with Crippen LogP contribution in [0.1, 0.15) is 0 Å². The predicted molar refractivity (Wildman–Crippen MR) is 189 cm³/mol. The number of aromatic nitrogens is 1. The van der Waals surface area contributed by atoms with Gasteiger partial charge in [0.15, 0.2) is 0 Å². The van der Waals surface area contributed by atoms with Crippen LogP contribution in [-0.4, -0.2) is 4.57 Å². The van der Waals surface area contributed by atoms with Gasteiger partial charge in [0.1, 0.15) is 0 Å². The topological polar surface area (TPSA) is 11.4 Å². The summed E-state index contributed by atoms with van der Waals surface area (Å²) in [5, 5.41) is 2.45. The largest absolute Gasteiger partial charge is 0.310 e. The molecule has 3 nitrogen and oxygen atoms in total. The number of fused-ring (bicyclic) bond motifs is 2. The maximum atomic E-state index is 2.43. The summed E-state index contributed by atoms with van der Waals surface area (Å²) >= 11 is 0. The molecule has 0 saturated heterocycles. The zero-order chi connectivity index (χ0) is 29.7. The van der Waals surface area contributed by atoms with E-state index < -0.39 is 0 Å². The number of rotatable bonds is 4. The molecule has 7 aromatic carbocycles. The average Bonchev–Trinajstić information content (AvgIpc) is 3.47. The van der Waals surface area contributed by atoms with Crippen LogP contribution in [0, 0.1) is 0 Å². The van der Waals surface area contributed by atoms with E-state index in [0.717, 1.165) is 39.8 Å². The summed E-state index contributed by atoms with van der Waals surface area (Å²) in [6.45, 7) is 0. The summed E-state index contributed by atoms with van der Waals surface area (Å²) in [7, 11) is 0. The number of nitrogens with zero attached hydrogens (tertiary/aromatic N) is 3. The molecule has 0 fully saturated rings. The van der Waals surface area contributed by atoms with Crippen LogP contribution < -0.4 is 9.80 Å². The molecule has 0 N–H and O–H groups in total. The molecule has 9 rings (SSSR count). The van der Waals surface area contributed by atoms with Gasteiger partial charge in [-0.2, -0.15) is 0 Å². The van der Waals surface area contributed by atoms with E-state index in [1.54, 1.807) is 0 Å². The highest BCUT2D eigenvalue weighted by atomic mass is 15.2. The molecule has 0 atom stereocenters. The molecule has 1 aliphatic heterocycles. The van der Waals surface area contributed by atoms with E-state index in [0.29, 0.717) is 0 Å². The van der Waals surface area contributed by atoms with Gasteiger partial charge in [-0.25, -0.2) is 0 Å². The molecular weight excluding hydrogens is 546 g/mol. The van der Waals surface area contributed by atoms with E-state index in [-0.39, 0.29) is 0 Å². The number of hydrogen-bond donors (Lipinski definition) is 0. The zero-order valence-corrected chi connectivity index (χ0v) is 24.6. The van der Waals surface area contributed by atoms with Gasteiger partial charge in [0.05, 0.1) is 22.4 Å². The minimum absolute atomic E-state index is 1.11. The van der Waals surface area contributed by atoms with Gasteiger partial charge in [0, 0.05) is 39.2 Å². The van der Waals surface area contributed by atoms with Gasteiger partial charge in [-0.1, -0.05) is 97.1 Å². The van der Waals surface area contributed by atoms with Crippen molar-refractivity contribution in [2.45, 2.75) is 0 Å². The predicted octanol–water partition coefficient (Wildman–Crippen LogP) is 11.7. The Balaban J connectivity index is 1.49. The number of benzene rings is 7. The third-order valence-electron chi connectivity index (χ3n) is 8.82. The Bertz CT molecular complexity index is 2190. The number of hydrogen-bond acceptors (Lipinski definition) is 2. The SMILES string of the molecule is c1ccc(-c2cc3cc(c2)N(c2ccccc2)c2cccc4c2c2c(cccc2n4-c2ccccc2)N3c2ccccc2)cc1. The van der Waals surface area contributed by atoms with Crippen molar-refractivity contribution in [1.82, 2.24) is 4.57 Å². The summed E-state index contributed by atoms with van der Waals surface area (Å²) in [4.78, 5) is 4.86. The monoisotopic (exact) mass is 575 g/mol. The summed E-state index contributed by atoms with van der Waals surface area (Å²) in [5.74, 6) is 0. The Labute approximate surface area is 262 Å². The Morgan fingerprint density at radius 1 is 0.289 bits per heavy atom. The molecule has 0 unspecified atom stereocenters. The van der Waals surface area contributed by atoms with E-state index >= 15 is 0 Å². The van der Waals surface area contributed by atoms with Gasteiger partial charge >= 0.3 is 0 Å². The van der Waals surface area contributed by atoms with Crippen molar-refractivity contribution in [2.24, 2.45) is 0 Å². The van der Waals surface area contributed by atoms with E-state index in [4.69, 9.17) is 0 Å². The minimum atomic E-state index is 1.11. The van der Waals surface area contributed by atoms with Gasteiger partial charge in [0.2, 0.25) is 0 Å². The van der Waals surface area contributed by atoms with Crippen molar-refractivity contribution in [1.29, 1.82) is 0 Å². The Kier molecular flexibility index (Phi) is 5.82. The first-order valence-electron chi connectivity index (χ1n) is 15.4. The molecule has 0 amide bonds. The van der Waals surface area contributed by atoms with Crippen molar-refractivity contribution in [2.75, 3.05) is 9.80 Å². The molecule has 2 bridgehead atoms. The molecule has 1 aliphatic rings. The first-order chi connectivity index (χ1) is 22.3. The standard InChI is InChI=1S/C42H29N3/c1-5-15-30(16-6-1)31-27-35-29-36(28-31)44(33-19-9-3-10-20-33)38-24-14-26-40-42(38)41-37(43(35)32-17-7-2-8-18-32)23-13-25-39(41)45(40)34-21-11-4-12-22-34/h1-29H. The summed E-state index contributed by atoms with van der Waals surface area (Å²) < 4.78 is 2.41. The Morgan fingerprint density at radius 3 is 1.18 bits per heavy atom. The van der Waals surface area contributed by atoms with Crippen molar-refractivity contribution in [3.05, 3.63) is 176 Å². The van der Waals surface area contributed by atoms with Gasteiger partial charge < -0.3 is 14.4 Å². The average molecular weight is 576 g/mol. The molecule has 1 aromatic heterocycles. The third kappa shape index (κ3) is 4.05. The van der Waals surface area contributed by atoms with Crippen molar-refractivity contribution in [3.8, 4) is 16.8 Å². The number of anilines is 6. The molecule has 0 saturated carbocycles. The highest BCUT2D eigenvalue weighted by Gasteiger charge is 2.28. The highest BCUT2D eigenvalue weighted by Crippen LogP contribution is 2.51. The molecular formula is C42H29N3. The number of para-hydroxylation sites is 3. The van der Waals surface area contributed by atoms with Crippen LogP contribution in [0.2, 0.25) is 0 Å². The summed E-state index contributed by atoms with van der Waals surface area (Å²) in [6.07, 6.45) is 0. The Morgan fingerprint density at radius 2 is 0.711 bits per heavy atom. The molecule has 0 aliphatic carbocycles. The maximum Gasteiger partial charge on any atom is 0.0563 e. The lowest BCUT2D eigenvalue weighted by Gasteiger charge is -2.29. The molecule has 0 spiro atoms. The smallest absolute Gasteiger partial charge is 0.0563 e. The third-order valence-corrected chi connectivity index (χ3v) is 8.82. The van der Waals surface area contributed by atoms with Gasteiger partial charge in [-0.3, -0.25) is 0 Å². The van der Waals surface area contributed by atoms with E-state index in [1.165, 1.54) is 32.9 Å². The Hall–Kier alpha value is -6.06. The minimum Gasteiger partial charge on any atom is -0.310 e. The molecule has 45 heavy (non-hydrogen) atoms. The lowest BCUT2D eigenvalue weighted by Crippen LogP contribution is -2.12. The first-order valence-corrected chi connectivity index (χ1v) is 15.4. The van der Waals surface area contributed by atoms with E-state index in [2.05, 4.69) is 190 Å². The highest BCUT2D eigenvalue weighted by molar-refractivity contribution is 6.22. The lowest BCUT2D eigenvalue weighted by molar-refractivity contribution is 1.18. The van der Waals surface area contributed by atoms with Gasteiger partial charge in [-0.15, -0.1) is 0 Å². The fraction of sp³-hybridized carbons (Fsp3) is 0. The van der Waals surface area contributed by atoms with Gasteiger partial charge in [-0.05, 0) is 90.0 Å². The maximum absolute atomic E-state index is 2.43. The quantitative estimate of drug-likeness (QED) is 0.207. The fourth-order valence-electron chi connectivity index (χ4n) is 6.96. The molecule has 0 radical (unpaired) electrons. The second-order valence-corrected chi connectivity index (χ2v) is 11.5. The van der Waals surface area contributed by atoms with Crippen LogP contribution in [0.5, 0.6) is 0 Å². The molecule has 2 heterocycles. The van der Waals surface area contributed by atoms with Crippen LogP contribution >= 0.6 is 0 Å². The van der Waals surface area contributed by atoms with Gasteiger partial charge in [0.25, 0.3) is 0 Å². The van der Waals surface area contributed by atoms with Crippen LogP contribution in [0.25, 0.3) is 38.6 Å². The van der Waals surface area contributed by atoms with E-state index in [9.17, 15) is 0 Å². The summed E-state index contributed by atoms with van der Waals surface area (Å²) in [5.41, 5.74) is 12.6. The fourth-order valence-corrected chi connectivity index (χ4v) is 6.96. The molecule has 212 valence electrons. The normalized spacial score (nSPS) is 12.4. The van der Waals surface area contributed by atoms with Crippen molar-refractivity contribution in [3.63, 3.8) is 0 Å². The van der Waals surface area contributed by atoms with Crippen molar-refractivity contribution >= 4 is 55.9 Å². The van der Waals surface area contributed by atoms with Crippen LogP contribution in [0.15, 0.2) is 176 Å². The van der Waals surface area contributed by atoms with Crippen molar-refractivity contribution < 1.29 is 0 Å². The molecule has 3 heteroatoms. The van der Waals surface area contributed by atoms with Crippen LogP contribution in [-0.2, 0) is 0 Å². The zero-order valence-electron chi connectivity index (χ0n) is 24.6. The van der Waals surface area contributed by atoms with Crippen LogP contribution in [0.4, 0.5) is 34.1 Å². The lowest BCUT2D eigenvalue weighted by atomic mass is 10.0. The van der Waals surface area contributed by atoms with Crippen LogP contribution in [0.3, 0.4) is 0 Å². The molecule has 8 aromatic rings. The van der Waals surface area contributed by atoms with E-state index in [1.807, 2.05) is 0 Å². The second kappa shape index (κ2) is 10.3. The second-order valence-electron chi connectivity index (χ2n) is 11.5. The first kappa shape index (κ1) is 25.4.